The molecular formula is C15H19N5O. The first-order valence-electron chi connectivity index (χ1n) is 7.14. The Morgan fingerprint density at radius 3 is 2.67 bits per heavy atom. The van der Waals surface area contributed by atoms with Crippen LogP contribution >= 0.6 is 0 Å². The van der Waals surface area contributed by atoms with Gasteiger partial charge in [-0.2, -0.15) is 0 Å². The Morgan fingerprint density at radius 1 is 1.33 bits per heavy atom. The lowest BCUT2D eigenvalue weighted by atomic mass is 10.1. The van der Waals surface area contributed by atoms with Gasteiger partial charge in [-0.25, -0.2) is 0 Å². The van der Waals surface area contributed by atoms with Gasteiger partial charge in [-0.1, -0.05) is 0 Å². The number of aryl methyl sites for hydroxylation is 1. The van der Waals surface area contributed by atoms with Crippen LogP contribution in [0.3, 0.4) is 0 Å². The maximum absolute atomic E-state index is 12.1. The highest BCUT2D eigenvalue weighted by atomic mass is 16.1. The normalized spacial score (nSPS) is 21.4. The van der Waals surface area contributed by atoms with Gasteiger partial charge < -0.3 is 15.6 Å². The van der Waals surface area contributed by atoms with Crippen LogP contribution < -0.4 is 11.1 Å². The molecule has 2 atom stereocenters. The Kier molecular flexibility index (Phi) is 3.70. The number of hydrogen-bond donors (Lipinski definition) is 2. The SMILES string of the molecule is Cn1cnnc1-c1ccc(NC(=O)[C@H]2CC[C@@H](N)C2)cc1. The molecule has 1 fully saturated rings. The van der Waals surface area contributed by atoms with Crippen molar-refractivity contribution in [2.45, 2.75) is 25.3 Å². The van der Waals surface area contributed by atoms with E-state index in [1.54, 1.807) is 6.33 Å². The predicted octanol–water partition coefficient (Wildman–Crippen LogP) is 1.55. The molecule has 1 heterocycles. The van der Waals surface area contributed by atoms with Crippen molar-refractivity contribution in [1.29, 1.82) is 0 Å². The number of anilines is 1. The number of rotatable bonds is 3. The van der Waals surface area contributed by atoms with E-state index in [-0.39, 0.29) is 17.9 Å². The number of amides is 1. The van der Waals surface area contributed by atoms with Crippen LogP contribution in [0.1, 0.15) is 19.3 Å². The van der Waals surface area contributed by atoms with Crippen molar-refractivity contribution in [1.82, 2.24) is 14.8 Å². The molecule has 0 bridgehead atoms. The molecule has 21 heavy (non-hydrogen) atoms. The fourth-order valence-corrected chi connectivity index (χ4v) is 2.75. The van der Waals surface area contributed by atoms with E-state index >= 15 is 0 Å². The van der Waals surface area contributed by atoms with E-state index in [4.69, 9.17) is 5.73 Å². The average Bonchev–Trinajstić information content (AvgIpc) is 3.08. The lowest BCUT2D eigenvalue weighted by Gasteiger charge is -2.11. The summed E-state index contributed by atoms with van der Waals surface area (Å²) in [5.41, 5.74) is 7.62. The average molecular weight is 285 g/mol. The molecule has 0 spiro atoms. The Hall–Kier alpha value is -2.21. The molecule has 0 saturated heterocycles. The van der Waals surface area contributed by atoms with E-state index in [1.165, 1.54) is 0 Å². The Morgan fingerprint density at radius 2 is 2.10 bits per heavy atom. The maximum atomic E-state index is 12.1. The zero-order valence-corrected chi connectivity index (χ0v) is 12.0. The van der Waals surface area contributed by atoms with Crippen molar-refractivity contribution >= 4 is 11.6 Å². The van der Waals surface area contributed by atoms with Crippen molar-refractivity contribution in [2.75, 3.05) is 5.32 Å². The lowest BCUT2D eigenvalue weighted by molar-refractivity contribution is -0.119. The molecule has 1 aromatic heterocycles. The second-order valence-electron chi connectivity index (χ2n) is 5.60. The third-order valence-electron chi connectivity index (χ3n) is 3.97. The first kappa shape index (κ1) is 13.8. The highest BCUT2D eigenvalue weighted by molar-refractivity contribution is 5.93. The van der Waals surface area contributed by atoms with E-state index in [0.29, 0.717) is 0 Å². The minimum absolute atomic E-state index is 0.0402. The minimum Gasteiger partial charge on any atom is -0.328 e. The Bertz CT molecular complexity index is 634. The Balaban J connectivity index is 1.67. The molecule has 3 rings (SSSR count). The lowest BCUT2D eigenvalue weighted by Crippen LogP contribution is -2.23. The van der Waals surface area contributed by atoms with Crippen molar-refractivity contribution in [3.05, 3.63) is 30.6 Å². The number of nitrogens with two attached hydrogens (primary N) is 1. The number of nitrogens with one attached hydrogen (secondary N) is 1. The predicted molar refractivity (Wildman–Crippen MR) is 80.4 cm³/mol. The third-order valence-corrected chi connectivity index (χ3v) is 3.97. The minimum atomic E-state index is 0.0402. The highest BCUT2D eigenvalue weighted by Gasteiger charge is 2.27. The summed E-state index contributed by atoms with van der Waals surface area (Å²) in [4.78, 5) is 12.1. The summed E-state index contributed by atoms with van der Waals surface area (Å²) in [6.07, 6.45) is 4.25. The van der Waals surface area contributed by atoms with Crippen LogP contribution in [-0.4, -0.2) is 26.7 Å². The summed E-state index contributed by atoms with van der Waals surface area (Å²) < 4.78 is 1.85. The van der Waals surface area contributed by atoms with Gasteiger partial charge in [0.1, 0.15) is 6.33 Å². The van der Waals surface area contributed by atoms with Gasteiger partial charge in [-0.15, -0.1) is 10.2 Å². The quantitative estimate of drug-likeness (QED) is 0.896. The first-order chi connectivity index (χ1) is 10.1. The summed E-state index contributed by atoms with van der Waals surface area (Å²) in [5.74, 6) is 0.905. The second kappa shape index (κ2) is 5.65. The molecule has 1 amide bonds. The molecular weight excluding hydrogens is 266 g/mol. The van der Waals surface area contributed by atoms with Gasteiger partial charge >= 0.3 is 0 Å². The maximum Gasteiger partial charge on any atom is 0.227 e. The largest absolute Gasteiger partial charge is 0.328 e. The van der Waals surface area contributed by atoms with E-state index in [1.807, 2.05) is 35.9 Å². The molecule has 3 N–H and O–H groups in total. The van der Waals surface area contributed by atoms with Gasteiger partial charge in [0.2, 0.25) is 5.91 Å². The van der Waals surface area contributed by atoms with Crippen molar-refractivity contribution in [2.24, 2.45) is 18.7 Å². The van der Waals surface area contributed by atoms with E-state index in [2.05, 4.69) is 15.5 Å². The molecule has 6 heteroatoms. The van der Waals surface area contributed by atoms with Crippen LogP contribution in [0.5, 0.6) is 0 Å². The zero-order chi connectivity index (χ0) is 14.8. The zero-order valence-electron chi connectivity index (χ0n) is 12.0. The van der Waals surface area contributed by atoms with Crippen molar-refractivity contribution < 1.29 is 4.79 Å². The Labute approximate surface area is 123 Å². The van der Waals surface area contributed by atoms with Gasteiger partial charge in [0.25, 0.3) is 0 Å². The highest BCUT2D eigenvalue weighted by Crippen LogP contribution is 2.26. The molecule has 1 aliphatic carbocycles. The summed E-state index contributed by atoms with van der Waals surface area (Å²) in [7, 11) is 1.90. The summed E-state index contributed by atoms with van der Waals surface area (Å²) >= 11 is 0. The number of aromatic nitrogens is 3. The molecule has 0 unspecified atom stereocenters. The summed E-state index contributed by atoms with van der Waals surface area (Å²) in [6.45, 7) is 0. The van der Waals surface area contributed by atoms with E-state index in [9.17, 15) is 4.79 Å². The smallest absolute Gasteiger partial charge is 0.227 e. The first-order valence-corrected chi connectivity index (χ1v) is 7.14. The number of carbonyl (C=O) groups excluding carboxylic acids is 1. The standard InChI is InChI=1S/C15H19N5O/c1-20-9-17-19-14(20)10-3-6-13(7-4-10)18-15(21)11-2-5-12(16)8-11/h3-4,6-7,9,11-12H,2,5,8,16H2,1H3,(H,18,21)/t11-,12+/m0/s1. The molecule has 6 nitrogen and oxygen atoms in total. The fraction of sp³-hybridized carbons (Fsp3) is 0.400. The van der Waals surface area contributed by atoms with Gasteiger partial charge in [-0.05, 0) is 43.5 Å². The third kappa shape index (κ3) is 2.95. The van der Waals surface area contributed by atoms with Crippen LogP contribution in [0.25, 0.3) is 11.4 Å². The van der Waals surface area contributed by atoms with Gasteiger partial charge in [0.15, 0.2) is 5.82 Å². The fourth-order valence-electron chi connectivity index (χ4n) is 2.75. The summed E-state index contributed by atoms with van der Waals surface area (Å²) in [6, 6.07) is 7.80. The van der Waals surface area contributed by atoms with Crippen LogP contribution in [0, 0.1) is 5.92 Å². The van der Waals surface area contributed by atoms with Crippen molar-refractivity contribution in [3.8, 4) is 11.4 Å². The molecule has 0 radical (unpaired) electrons. The van der Waals surface area contributed by atoms with E-state index in [0.717, 1.165) is 36.3 Å². The van der Waals surface area contributed by atoms with E-state index < -0.39 is 0 Å². The molecule has 2 aromatic rings. The molecule has 1 aromatic carbocycles. The van der Waals surface area contributed by atoms with Gasteiger partial charge in [0.05, 0.1) is 0 Å². The molecule has 0 aliphatic heterocycles. The number of carbonyl (C=O) groups is 1. The number of hydrogen-bond acceptors (Lipinski definition) is 4. The second-order valence-corrected chi connectivity index (χ2v) is 5.60. The monoisotopic (exact) mass is 285 g/mol. The van der Waals surface area contributed by atoms with Crippen LogP contribution in [0.2, 0.25) is 0 Å². The van der Waals surface area contributed by atoms with Crippen LogP contribution in [0.15, 0.2) is 30.6 Å². The van der Waals surface area contributed by atoms with Gasteiger partial charge in [-0.3, -0.25) is 4.79 Å². The number of nitrogens with zero attached hydrogens (tertiary/aromatic N) is 3. The molecule has 1 saturated carbocycles. The number of benzene rings is 1. The van der Waals surface area contributed by atoms with Gasteiger partial charge in [0, 0.05) is 30.3 Å². The van der Waals surface area contributed by atoms with Crippen molar-refractivity contribution in [3.63, 3.8) is 0 Å². The molecule has 1 aliphatic rings. The van der Waals surface area contributed by atoms with Crippen LogP contribution in [-0.2, 0) is 11.8 Å². The van der Waals surface area contributed by atoms with Crippen LogP contribution in [0.4, 0.5) is 5.69 Å². The topological polar surface area (TPSA) is 85.8 Å². The molecule has 110 valence electrons. The summed E-state index contributed by atoms with van der Waals surface area (Å²) in [5, 5.41) is 10.9.